The summed E-state index contributed by atoms with van der Waals surface area (Å²) in [4.78, 5) is 2.53. The van der Waals surface area contributed by atoms with Crippen LogP contribution in [0.5, 0.6) is 5.75 Å². The smallest absolute Gasteiger partial charge is 0.119 e. The molecule has 1 heterocycles. The monoisotopic (exact) mass is 219 g/mol. The fourth-order valence-electron chi connectivity index (χ4n) is 2.20. The van der Waals surface area contributed by atoms with Crippen molar-refractivity contribution in [2.24, 2.45) is 5.92 Å². The van der Waals surface area contributed by atoms with E-state index in [1.165, 1.54) is 19.5 Å². The molecule has 16 heavy (non-hydrogen) atoms. The number of ether oxygens (including phenoxy) is 1. The molecule has 1 aliphatic heterocycles. The lowest BCUT2D eigenvalue weighted by Crippen LogP contribution is -2.29. The van der Waals surface area contributed by atoms with Crippen LogP contribution in [0.2, 0.25) is 0 Å². The van der Waals surface area contributed by atoms with Crippen LogP contribution in [0.4, 0.5) is 0 Å². The van der Waals surface area contributed by atoms with Gasteiger partial charge in [-0.3, -0.25) is 0 Å². The minimum absolute atomic E-state index is 0.668. The second-order valence-corrected chi connectivity index (χ2v) is 4.87. The van der Waals surface area contributed by atoms with E-state index >= 15 is 0 Å². The Kier molecular flexibility index (Phi) is 3.83. The van der Waals surface area contributed by atoms with Gasteiger partial charge in [0, 0.05) is 18.5 Å². The third kappa shape index (κ3) is 2.99. The van der Waals surface area contributed by atoms with Crippen molar-refractivity contribution in [1.29, 1.82) is 0 Å². The van der Waals surface area contributed by atoms with Gasteiger partial charge in [0.1, 0.15) is 5.75 Å². The van der Waals surface area contributed by atoms with Gasteiger partial charge in [-0.1, -0.05) is 18.2 Å². The quantitative estimate of drug-likeness (QED) is 0.772. The summed E-state index contributed by atoms with van der Waals surface area (Å²) in [5.41, 5.74) is 0. The maximum atomic E-state index is 5.79. The summed E-state index contributed by atoms with van der Waals surface area (Å²) in [6, 6.07) is 10.8. The summed E-state index contributed by atoms with van der Waals surface area (Å²) in [6.45, 7) is 7.79. The van der Waals surface area contributed by atoms with Gasteiger partial charge >= 0.3 is 0 Å². The third-order valence-corrected chi connectivity index (χ3v) is 3.28. The fraction of sp³-hybridized carbons (Fsp3) is 0.571. The molecule has 2 heteroatoms. The highest BCUT2D eigenvalue weighted by Gasteiger charge is 2.24. The first-order chi connectivity index (χ1) is 7.75. The summed E-state index contributed by atoms with van der Waals surface area (Å²) in [5.74, 6) is 1.69. The molecule has 0 saturated carbocycles. The van der Waals surface area contributed by atoms with Crippen molar-refractivity contribution >= 4 is 0 Å². The Hall–Kier alpha value is -1.02. The second kappa shape index (κ2) is 5.35. The second-order valence-electron chi connectivity index (χ2n) is 4.87. The largest absolute Gasteiger partial charge is 0.493 e. The van der Waals surface area contributed by atoms with Crippen LogP contribution in [0.3, 0.4) is 0 Å². The molecule has 1 aliphatic rings. The standard InChI is InChI=1S/C14H21NO/c1-12(2)15-9-8-13(10-15)11-16-14-6-4-3-5-7-14/h3-7,12-13H,8-11H2,1-2H3. The topological polar surface area (TPSA) is 12.5 Å². The number of para-hydroxylation sites is 1. The number of hydrogen-bond donors (Lipinski definition) is 0. The predicted octanol–water partition coefficient (Wildman–Crippen LogP) is 2.80. The molecular formula is C14H21NO. The predicted molar refractivity (Wildman–Crippen MR) is 66.8 cm³/mol. The molecule has 88 valence electrons. The van der Waals surface area contributed by atoms with E-state index in [4.69, 9.17) is 4.74 Å². The summed E-state index contributed by atoms with van der Waals surface area (Å²) >= 11 is 0. The van der Waals surface area contributed by atoms with Crippen LogP contribution in [0.15, 0.2) is 30.3 Å². The van der Waals surface area contributed by atoms with Crippen LogP contribution in [0.1, 0.15) is 20.3 Å². The van der Waals surface area contributed by atoms with E-state index < -0.39 is 0 Å². The van der Waals surface area contributed by atoms with E-state index in [-0.39, 0.29) is 0 Å². The van der Waals surface area contributed by atoms with E-state index in [0.29, 0.717) is 12.0 Å². The Morgan fingerprint density at radius 2 is 2.06 bits per heavy atom. The molecule has 1 atom stereocenters. The van der Waals surface area contributed by atoms with Crippen molar-refractivity contribution in [3.63, 3.8) is 0 Å². The number of benzene rings is 1. The number of hydrogen-bond acceptors (Lipinski definition) is 2. The normalized spacial score (nSPS) is 21.6. The average molecular weight is 219 g/mol. The van der Waals surface area contributed by atoms with Crippen molar-refractivity contribution in [2.45, 2.75) is 26.3 Å². The Morgan fingerprint density at radius 1 is 1.31 bits per heavy atom. The molecule has 0 bridgehead atoms. The van der Waals surface area contributed by atoms with Crippen LogP contribution in [0, 0.1) is 5.92 Å². The van der Waals surface area contributed by atoms with Gasteiger partial charge in [0.15, 0.2) is 0 Å². The third-order valence-electron chi connectivity index (χ3n) is 3.28. The van der Waals surface area contributed by atoms with Crippen molar-refractivity contribution in [3.8, 4) is 5.75 Å². The van der Waals surface area contributed by atoms with Crippen LogP contribution < -0.4 is 4.74 Å². The summed E-state index contributed by atoms with van der Waals surface area (Å²) in [7, 11) is 0. The minimum Gasteiger partial charge on any atom is -0.493 e. The first-order valence-electron chi connectivity index (χ1n) is 6.17. The van der Waals surface area contributed by atoms with Crippen LogP contribution in [-0.2, 0) is 0 Å². The molecule has 1 fully saturated rings. The van der Waals surface area contributed by atoms with E-state index in [1.54, 1.807) is 0 Å². The van der Waals surface area contributed by atoms with Gasteiger partial charge < -0.3 is 9.64 Å². The van der Waals surface area contributed by atoms with Gasteiger partial charge in [0.2, 0.25) is 0 Å². The van der Waals surface area contributed by atoms with Crippen LogP contribution >= 0.6 is 0 Å². The van der Waals surface area contributed by atoms with E-state index in [1.807, 2.05) is 30.3 Å². The molecule has 0 amide bonds. The Morgan fingerprint density at radius 3 is 2.69 bits per heavy atom. The lowest BCUT2D eigenvalue weighted by molar-refractivity contribution is 0.223. The molecule has 1 aromatic rings. The van der Waals surface area contributed by atoms with E-state index in [2.05, 4.69) is 18.7 Å². The molecule has 0 radical (unpaired) electrons. The van der Waals surface area contributed by atoms with E-state index in [0.717, 1.165) is 12.4 Å². The maximum absolute atomic E-state index is 5.79. The maximum Gasteiger partial charge on any atom is 0.119 e. The van der Waals surface area contributed by atoms with Gasteiger partial charge in [-0.2, -0.15) is 0 Å². The molecule has 0 aliphatic carbocycles. The molecule has 1 saturated heterocycles. The molecule has 1 unspecified atom stereocenters. The molecule has 0 aromatic heterocycles. The van der Waals surface area contributed by atoms with Gasteiger partial charge in [-0.15, -0.1) is 0 Å². The minimum atomic E-state index is 0.668. The van der Waals surface area contributed by atoms with Gasteiger partial charge in [0.05, 0.1) is 6.61 Å². The number of likely N-dealkylation sites (tertiary alicyclic amines) is 1. The number of rotatable bonds is 4. The lowest BCUT2D eigenvalue weighted by atomic mass is 10.1. The average Bonchev–Trinajstić information content (AvgIpc) is 2.76. The van der Waals surface area contributed by atoms with Crippen molar-refractivity contribution < 1.29 is 4.74 Å². The molecule has 2 rings (SSSR count). The Labute approximate surface area is 98.2 Å². The SMILES string of the molecule is CC(C)N1CCC(COc2ccccc2)C1. The zero-order valence-corrected chi connectivity index (χ0v) is 10.2. The van der Waals surface area contributed by atoms with E-state index in [9.17, 15) is 0 Å². The highest BCUT2D eigenvalue weighted by atomic mass is 16.5. The summed E-state index contributed by atoms with van der Waals surface area (Å²) < 4.78 is 5.79. The zero-order chi connectivity index (χ0) is 11.4. The molecule has 1 aromatic carbocycles. The first-order valence-corrected chi connectivity index (χ1v) is 6.17. The van der Waals surface area contributed by atoms with Gasteiger partial charge in [-0.25, -0.2) is 0 Å². The van der Waals surface area contributed by atoms with Crippen molar-refractivity contribution in [2.75, 3.05) is 19.7 Å². The first kappa shape index (κ1) is 11.5. The highest BCUT2D eigenvalue weighted by molar-refractivity contribution is 5.20. The zero-order valence-electron chi connectivity index (χ0n) is 10.2. The molecular weight excluding hydrogens is 198 g/mol. The van der Waals surface area contributed by atoms with Crippen LogP contribution in [0.25, 0.3) is 0 Å². The summed E-state index contributed by atoms with van der Waals surface area (Å²) in [5, 5.41) is 0. The molecule has 0 N–H and O–H groups in total. The number of nitrogens with zero attached hydrogens (tertiary/aromatic N) is 1. The summed E-state index contributed by atoms with van der Waals surface area (Å²) in [6.07, 6.45) is 1.27. The van der Waals surface area contributed by atoms with Crippen molar-refractivity contribution in [3.05, 3.63) is 30.3 Å². The molecule has 0 spiro atoms. The highest BCUT2D eigenvalue weighted by Crippen LogP contribution is 2.20. The molecule has 2 nitrogen and oxygen atoms in total. The fourth-order valence-corrected chi connectivity index (χ4v) is 2.20. The van der Waals surface area contributed by atoms with Gasteiger partial charge in [-0.05, 0) is 38.9 Å². The van der Waals surface area contributed by atoms with Crippen LogP contribution in [-0.4, -0.2) is 30.6 Å². The Bertz CT molecular complexity index is 310. The lowest BCUT2D eigenvalue weighted by Gasteiger charge is -2.20. The Balaban J connectivity index is 1.76. The van der Waals surface area contributed by atoms with Gasteiger partial charge in [0.25, 0.3) is 0 Å². The van der Waals surface area contributed by atoms with Crippen molar-refractivity contribution in [1.82, 2.24) is 4.90 Å².